The van der Waals surface area contributed by atoms with Gasteiger partial charge in [0.1, 0.15) is 33.7 Å². The van der Waals surface area contributed by atoms with E-state index < -0.39 is 10.5 Å². The van der Waals surface area contributed by atoms with Crippen LogP contribution in [0.5, 0.6) is 5.75 Å². The third-order valence-electron chi connectivity index (χ3n) is 4.60. The first-order chi connectivity index (χ1) is 15.9. The number of methoxy groups -OCH3 is 1. The molecule has 0 aliphatic carbocycles. The molecule has 0 bridgehead atoms. The van der Waals surface area contributed by atoms with Crippen LogP contribution in [0.15, 0.2) is 67.7 Å². The van der Waals surface area contributed by atoms with Crippen molar-refractivity contribution in [1.29, 1.82) is 5.26 Å². The number of aromatic nitrogens is 1. The van der Waals surface area contributed by atoms with Gasteiger partial charge in [0.15, 0.2) is 0 Å². The van der Waals surface area contributed by atoms with Gasteiger partial charge in [-0.05, 0) is 36.4 Å². The highest BCUT2D eigenvalue weighted by atomic mass is 79.9. The molecule has 0 saturated heterocycles. The molecule has 0 fully saturated rings. The Morgan fingerprint density at radius 3 is 2.88 bits per heavy atom. The maximum Gasteiger partial charge on any atom is 0.345 e. The quantitative estimate of drug-likeness (QED) is 0.150. The van der Waals surface area contributed by atoms with Gasteiger partial charge in [0.2, 0.25) is 0 Å². The minimum absolute atomic E-state index is 0.143. The summed E-state index contributed by atoms with van der Waals surface area (Å²) in [5.41, 5.74) is 0.654. The number of nitro groups is 1. The molecule has 9 nitrogen and oxygen atoms in total. The average molecular weight is 525 g/mol. The Morgan fingerprint density at radius 2 is 2.15 bits per heavy atom. The van der Waals surface area contributed by atoms with Gasteiger partial charge in [0.05, 0.1) is 29.4 Å². The Kier molecular flexibility index (Phi) is 6.21. The molecule has 0 aliphatic heterocycles. The largest absolute Gasteiger partial charge is 0.496 e. The summed E-state index contributed by atoms with van der Waals surface area (Å²) < 4.78 is 11.2. The van der Waals surface area contributed by atoms with Crippen molar-refractivity contribution in [2.45, 2.75) is 0 Å². The third-order valence-corrected chi connectivity index (χ3v) is 5.97. The predicted molar refractivity (Wildman–Crippen MR) is 128 cm³/mol. The summed E-state index contributed by atoms with van der Waals surface area (Å²) in [7, 11) is 1.41. The first-order valence-electron chi connectivity index (χ1n) is 9.28. The van der Waals surface area contributed by atoms with Gasteiger partial charge in [0.25, 0.3) is 5.69 Å². The fourth-order valence-corrected chi connectivity index (χ4v) is 4.16. The Labute approximate surface area is 198 Å². The number of halogens is 1. The van der Waals surface area contributed by atoms with Crippen molar-refractivity contribution in [2.24, 2.45) is 0 Å². The molecule has 0 aliphatic rings. The summed E-state index contributed by atoms with van der Waals surface area (Å²) in [6, 6.07) is 13.3. The fraction of sp³-hybridized carbons (Fsp3) is 0.0455. The van der Waals surface area contributed by atoms with Gasteiger partial charge in [0, 0.05) is 21.4 Å². The van der Waals surface area contributed by atoms with E-state index in [9.17, 15) is 20.2 Å². The molecule has 0 amide bonds. The molecule has 1 N–H and O–H groups in total. The predicted octanol–water partition coefficient (Wildman–Crippen LogP) is 5.57. The molecule has 0 unspecified atom stereocenters. The fourth-order valence-electron chi connectivity index (χ4n) is 3.00. The number of ether oxygens (including phenoxy) is 1. The van der Waals surface area contributed by atoms with E-state index in [1.54, 1.807) is 29.6 Å². The maximum atomic E-state index is 12.5. The van der Waals surface area contributed by atoms with Gasteiger partial charge in [-0.15, -0.1) is 11.3 Å². The number of anilines is 1. The molecule has 0 spiro atoms. The molecule has 2 aromatic heterocycles. The van der Waals surface area contributed by atoms with Crippen molar-refractivity contribution in [3.05, 3.63) is 84.1 Å². The van der Waals surface area contributed by atoms with Crippen LogP contribution >= 0.6 is 27.3 Å². The van der Waals surface area contributed by atoms with Gasteiger partial charge in [-0.25, -0.2) is 9.78 Å². The molecule has 11 heteroatoms. The van der Waals surface area contributed by atoms with Gasteiger partial charge >= 0.3 is 5.63 Å². The summed E-state index contributed by atoms with van der Waals surface area (Å²) in [4.78, 5) is 27.7. The van der Waals surface area contributed by atoms with Crippen molar-refractivity contribution < 1.29 is 14.1 Å². The Morgan fingerprint density at radius 1 is 1.33 bits per heavy atom. The number of rotatable bonds is 6. The van der Waals surface area contributed by atoms with Crippen LogP contribution in [-0.2, 0) is 0 Å². The van der Waals surface area contributed by atoms with Gasteiger partial charge < -0.3 is 14.5 Å². The van der Waals surface area contributed by atoms with Crippen molar-refractivity contribution >= 4 is 55.2 Å². The molecular formula is C22H13BrN4O5S. The number of nitriles is 1. The molecule has 0 saturated carbocycles. The van der Waals surface area contributed by atoms with Crippen LogP contribution in [0.3, 0.4) is 0 Å². The number of thiazole rings is 1. The third kappa shape index (κ3) is 4.62. The van der Waals surface area contributed by atoms with Crippen molar-refractivity contribution in [1.82, 2.24) is 4.98 Å². The van der Waals surface area contributed by atoms with Crippen molar-refractivity contribution in [3.8, 4) is 23.1 Å². The van der Waals surface area contributed by atoms with Crippen molar-refractivity contribution in [3.63, 3.8) is 0 Å². The monoisotopic (exact) mass is 524 g/mol. The molecule has 0 atom stereocenters. The number of nitro benzene ring substituents is 1. The van der Waals surface area contributed by atoms with E-state index in [1.165, 1.54) is 25.4 Å². The number of fused-ring (bicyclic) bond motifs is 1. The number of benzene rings is 2. The Hall–Kier alpha value is -4.01. The zero-order chi connectivity index (χ0) is 23.5. The molecule has 2 aromatic carbocycles. The molecule has 33 heavy (non-hydrogen) atoms. The summed E-state index contributed by atoms with van der Waals surface area (Å²) >= 11 is 4.55. The second kappa shape index (κ2) is 9.23. The second-order valence-corrected chi connectivity index (χ2v) is 8.40. The maximum absolute atomic E-state index is 12.5. The standard InChI is InChI=1S/C22H13BrN4O5S/c1-31-15-3-4-17(19(8-15)27(29)30)25-10-13(9-24)21-26-18(11-33-21)16-7-12-6-14(23)2-5-20(12)32-22(16)28/h2-8,10-11,25H,1H3. The Bertz CT molecular complexity index is 1520. The second-order valence-electron chi connectivity index (χ2n) is 6.62. The van der Waals surface area contributed by atoms with E-state index in [4.69, 9.17) is 9.15 Å². The van der Waals surface area contributed by atoms with E-state index in [-0.39, 0.29) is 22.5 Å². The van der Waals surface area contributed by atoms with Crippen LogP contribution in [0.25, 0.3) is 27.8 Å². The lowest BCUT2D eigenvalue weighted by atomic mass is 10.1. The van der Waals surface area contributed by atoms with Crippen LogP contribution < -0.4 is 15.7 Å². The molecular weight excluding hydrogens is 512 g/mol. The SMILES string of the molecule is COc1ccc(NC=C(C#N)c2nc(-c3cc4cc(Br)ccc4oc3=O)cs2)c([N+](=O)[O-])c1. The van der Waals surface area contributed by atoms with Crippen LogP contribution in [0.4, 0.5) is 11.4 Å². The highest BCUT2D eigenvalue weighted by Crippen LogP contribution is 2.31. The Balaban J connectivity index is 1.67. The summed E-state index contributed by atoms with van der Waals surface area (Å²) in [6.45, 7) is 0. The van der Waals surface area contributed by atoms with Crippen LogP contribution in [-0.4, -0.2) is 17.0 Å². The minimum atomic E-state index is -0.552. The molecule has 0 radical (unpaired) electrons. The molecule has 4 rings (SSSR count). The lowest BCUT2D eigenvalue weighted by Gasteiger charge is -2.05. The number of nitrogens with zero attached hydrogens (tertiary/aromatic N) is 3. The van der Waals surface area contributed by atoms with E-state index in [2.05, 4.69) is 26.2 Å². The van der Waals surface area contributed by atoms with E-state index in [0.29, 0.717) is 22.0 Å². The molecule has 2 heterocycles. The van der Waals surface area contributed by atoms with Crippen molar-refractivity contribution in [2.75, 3.05) is 12.4 Å². The van der Waals surface area contributed by atoms with Gasteiger partial charge in [-0.2, -0.15) is 5.26 Å². The average Bonchev–Trinajstić information content (AvgIpc) is 3.29. The smallest absolute Gasteiger partial charge is 0.345 e. The zero-order valence-electron chi connectivity index (χ0n) is 16.9. The van der Waals surface area contributed by atoms with E-state index in [1.807, 2.05) is 12.1 Å². The zero-order valence-corrected chi connectivity index (χ0v) is 19.3. The summed E-state index contributed by atoms with van der Waals surface area (Å²) in [5, 5.41) is 26.4. The molecule has 4 aromatic rings. The first kappa shape index (κ1) is 22.2. The normalized spacial score (nSPS) is 11.2. The van der Waals surface area contributed by atoms with Crippen LogP contribution in [0.2, 0.25) is 0 Å². The molecule has 164 valence electrons. The summed E-state index contributed by atoms with van der Waals surface area (Å²) in [6.07, 6.45) is 1.33. The first-order valence-corrected chi connectivity index (χ1v) is 11.0. The number of hydrogen-bond acceptors (Lipinski definition) is 9. The number of allylic oxidation sites excluding steroid dienone is 1. The van der Waals surface area contributed by atoms with E-state index in [0.717, 1.165) is 21.2 Å². The minimum Gasteiger partial charge on any atom is -0.496 e. The van der Waals surface area contributed by atoms with Crippen LogP contribution in [0, 0.1) is 21.4 Å². The topological polar surface area (TPSA) is 131 Å². The lowest BCUT2D eigenvalue weighted by molar-refractivity contribution is -0.384. The summed E-state index contributed by atoms with van der Waals surface area (Å²) in [5.74, 6) is 0.336. The number of hydrogen-bond donors (Lipinski definition) is 1. The van der Waals surface area contributed by atoms with Gasteiger partial charge in [-0.3, -0.25) is 10.1 Å². The van der Waals surface area contributed by atoms with Gasteiger partial charge in [-0.1, -0.05) is 15.9 Å². The number of nitrogens with one attached hydrogen (secondary N) is 1. The van der Waals surface area contributed by atoms with E-state index >= 15 is 0 Å². The lowest BCUT2D eigenvalue weighted by Crippen LogP contribution is -2.03. The highest BCUT2D eigenvalue weighted by Gasteiger charge is 2.17. The highest BCUT2D eigenvalue weighted by molar-refractivity contribution is 9.10. The van der Waals surface area contributed by atoms with Crippen LogP contribution in [0.1, 0.15) is 5.01 Å².